The highest BCUT2D eigenvalue weighted by Crippen LogP contribution is 2.21. The highest BCUT2D eigenvalue weighted by molar-refractivity contribution is 7.89. The molecule has 0 radical (unpaired) electrons. The zero-order valence-corrected chi connectivity index (χ0v) is 15.3. The molecule has 1 fully saturated rings. The first-order valence-corrected chi connectivity index (χ1v) is 9.71. The van der Waals surface area contributed by atoms with Gasteiger partial charge in [0.1, 0.15) is 5.75 Å². The number of rotatable bonds is 6. The third kappa shape index (κ3) is 4.95. The first kappa shape index (κ1) is 18.7. The number of piperidine rings is 1. The van der Waals surface area contributed by atoms with Crippen molar-refractivity contribution < 1.29 is 17.9 Å². The maximum Gasteiger partial charge on any atom is 0.240 e. The Balaban J connectivity index is 1.86. The van der Waals surface area contributed by atoms with Crippen LogP contribution in [-0.4, -0.2) is 46.0 Å². The van der Waals surface area contributed by atoms with Crippen molar-refractivity contribution in [3.05, 3.63) is 24.3 Å². The van der Waals surface area contributed by atoms with Crippen LogP contribution in [0.1, 0.15) is 26.7 Å². The van der Waals surface area contributed by atoms with E-state index >= 15 is 0 Å². The Kier molecular flexibility index (Phi) is 6.23. The van der Waals surface area contributed by atoms with Crippen molar-refractivity contribution in [3.8, 4) is 5.75 Å². The fraction of sp³-hybridized carbons (Fsp3) is 0.588. The summed E-state index contributed by atoms with van der Waals surface area (Å²) < 4.78 is 31.9. The van der Waals surface area contributed by atoms with E-state index in [1.807, 2.05) is 4.90 Å². The van der Waals surface area contributed by atoms with Crippen molar-refractivity contribution >= 4 is 15.9 Å². The van der Waals surface area contributed by atoms with Crippen molar-refractivity contribution in [2.75, 3.05) is 26.7 Å². The molecule has 0 bridgehead atoms. The Labute approximate surface area is 144 Å². The number of sulfonamides is 1. The van der Waals surface area contributed by atoms with Crippen molar-refractivity contribution in [3.63, 3.8) is 0 Å². The van der Waals surface area contributed by atoms with Crippen LogP contribution in [0.4, 0.5) is 0 Å². The zero-order valence-electron chi connectivity index (χ0n) is 14.5. The minimum Gasteiger partial charge on any atom is -0.497 e. The molecule has 0 aromatic heterocycles. The van der Waals surface area contributed by atoms with Crippen molar-refractivity contribution in [2.45, 2.75) is 31.6 Å². The normalized spacial score (nSPS) is 21.5. The molecule has 1 aliphatic rings. The molecule has 6 nitrogen and oxygen atoms in total. The van der Waals surface area contributed by atoms with Gasteiger partial charge in [-0.3, -0.25) is 4.79 Å². The number of methoxy groups -OCH3 is 1. The SMILES string of the molecule is COc1ccc(S(=O)(=O)NCCC(=O)N2C[C@@H](C)C[C@H](C)C2)cc1. The summed E-state index contributed by atoms with van der Waals surface area (Å²) in [6.07, 6.45) is 1.31. The molecule has 1 aromatic carbocycles. The van der Waals surface area contributed by atoms with Crippen molar-refractivity contribution in [2.24, 2.45) is 11.8 Å². The minimum atomic E-state index is -3.61. The molecule has 2 atom stereocenters. The van der Waals surface area contributed by atoms with Gasteiger partial charge in [0.15, 0.2) is 0 Å². The van der Waals surface area contributed by atoms with Crippen LogP contribution in [0.25, 0.3) is 0 Å². The Morgan fingerprint density at radius 3 is 2.33 bits per heavy atom. The van der Waals surface area contributed by atoms with Crippen LogP contribution in [0.15, 0.2) is 29.2 Å². The Morgan fingerprint density at radius 2 is 1.79 bits per heavy atom. The van der Waals surface area contributed by atoms with E-state index in [-0.39, 0.29) is 23.8 Å². The molecule has 2 rings (SSSR count). The summed E-state index contributed by atoms with van der Waals surface area (Å²) >= 11 is 0. The summed E-state index contributed by atoms with van der Waals surface area (Å²) in [5.74, 6) is 1.59. The highest BCUT2D eigenvalue weighted by atomic mass is 32.2. The molecule has 0 spiro atoms. The topological polar surface area (TPSA) is 75.7 Å². The molecule has 0 unspecified atom stereocenters. The van der Waals surface area contributed by atoms with Crippen LogP contribution < -0.4 is 9.46 Å². The van der Waals surface area contributed by atoms with Gasteiger partial charge in [-0.15, -0.1) is 0 Å². The first-order chi connectivity index (χ1) is 11.3. The van der Waals surface area contributed by atoms with E-state index in [4.69, 9.17) is 4.74 Å². The predicted molar refractivity (Wildman–Crippen MR) is 92.3 cm³/mol. The summed E-state index contributed by atoms with van der Waals surface area (Å²) in [7, 11) is -2.09. The number of nitrogens with zero attached hydrogens (tertiary/aromatic N) is 1. The molecule has 1 amide bonds. The molecule has 1 saturated heterocycles. The van der Waals surface area contributed by atoms with Gasteiger partial charge in [-0.2, -0.15) is 0 Å². The molecule has 1 aliphatic heterocycles. The number of amides is 1. The molecular formula is C17H26N2O4S. The first-order valence-electron chi connectivity index (χ1n) is 8.23. The van der Waals surface area contributed by atoms with E-state index in [1.165, 1.54) is 19.2 Å². The lowest BCUT2D eigenvalue weighted by atomic mass is 9.92. The molecule has 1 aromatic rings. The third-order valence-corrected chi connectivity index (χ3v) is 5.70. The average molecular weight is 354 g/mol. The van der Waals surface area contributed by atoms with Gasteiger partial charge < -0.3 is 9.64 Å². The second-order valence-electron chi connectivity index (χ2n) is 6.57. The molecular weight excluding hydrogens is 328 g/mol. The van der Waals surface area contributed by atoms with Gasteiger partial charge >= 0.3 is 0 Å². The van der Waals surface area contributed by atoms with Gasteiger partial charge in [-0.25, -0.2) is 13.1 Å². The Hall–Kier alpha value is -1.60. The molecule has 134 valence electrons. The summed E-state index contributed by atoms with van der Waals surface area (Å²) in [5, 5.41) is 0. The van der Waals surface area contributed by atoms with E-state index in [2.05, 4.69) is 18.6 Å². The molecule has 0 saturated carbocycles. The summed E-state index contributed by atoms with van der Waals surface area (Å²) in [6, 6.07) is 6.15. The lowest BCUT2D eigenvalue weighted by molar-refractivity contribution is -0.133. The maximum absolute atomic E-state index is 12.3. The zero-order chi connectivity index (χ0) is 17.7. The fourth-order valence-corrected chi connectivity index (χ4v) is 4.19. The van der Waals surface area contributed by atoms with Crippen molar-refractivity contribution in [1.82, 2.24) is 9.62 Å². The maximum atomic E-state index is 12.3. The number of benzene rings is 1. The van der Waals surface area contributed by atoms with Crippen molar-refractivity contribution in [1.29, 1.82) is 0 Å². The van der Waals surface area contributed by atoms with Gasteiger partial charge in [0.2, 0.25) is 15.9 Å². The van der Waals surface area contributed by atoms with Crippen LogP contribution >= 0.6 is 0 Å². The molecule has 7 heteroatoms. The van der Waals surface area contributed by atoms with Crippen LogP contribution in [0.3, 0.4) is 0 Å². The number of hydrogen-bond donors (Lipinski definition) is 1. The molecule has 24 heavy (non-hydrogen) atoms. The largest absolute Gasteiger partial charge is 0.497 e. The quantitative estimate of drug-likeness (QED) is 0.846. The van der Waals surface area contributed by atoms with Gasteiger partial charge in [0.25, 0.3) is 0 Å². The number of carbonyl (C=O) groups is 1. The summed E-state index contributed by atoms with van der Waals surface area (Å²) in [6.45, 7) is 5.90. The molecule has 0 aliphatic carbocycles. The molecule has 1 heterocycles. The number of ether oxygens (including phenoxy) is 1. The summed E-state index contributed by atoms with van der Waals surface area (Å²) in [4.78, 5) is 14.3. The highest BCUT2D eigenvalue weighted by Gasteiger charge is 2.25. The second-order valence-corrected chi connectivity index (χ2v) is 8.34. The van der Waals surface area contributed by atoms with E-state index in [0.29, 0.717) is 17.6 Å². The van der Waals surface area contributed by atoms with E-state index < -0.39 is 10.0 Å². The van der Waals surface area contributed by atoms with Gasteiger partial charge in [-0.1, -0.05) is 13.8 Å². The Bertz CT molecular complexity index is 648. The van der Waals surface area contributed by atoms with Crippen LogP contribution in [0.2, 0.25) is 0 Å². The monoisotopic (exact) mass is 354 g/mol. The van der Waals surface area contributed by atoms with Gasteiger partial charge in [0.05, 0.1) is 12.0 Å². The Morgan fingerprint density at radius 1 is 1.21 bits per heavy atom. The van der Waals surface area contributed by atoms with E-state index in [1.54, 1.807) is 12.1 Å². The average Bonchev–Trinajstić information content (AvgIpc) is 2.53. The lowest BCUT2D eigenvalue weighted by Gasteiger charge is -2.35. The number of likely N-dealkylation sites (tertiary alicyclic amines) is 1. The van der Waals surface area contributed by atoms with Crippen LogP contribution in [-0.2, 0) is 14.8 Å². The number of hydrogen-bond acceptors (Lipinski definition) is 4. The number of nitrogens with one attached hydrogen (secondary N) is 1. The van der Waals surface area contributed by atoms with E-state index in [0.717, 1.165) is 19.5 Å². The standard InChI is InChI=1S/C17H26N2O4S/c1-13-10-14(2)12-19(11-13)17(20)8-9-18-24(21,22)16-6-4-15(23-3)5-7-16/h4-7,13-14,18H,8-12H2,1-3H3/t13-,14-/m0/s1. The van der Waals surface area contributed by atoms with Crippen LogP contribution in [0.5, 0.6) is 5.75 Å². The summed E-state index contributed by atoms with van der Waals surface area (Å²) in [5.41, 5.74) is 0. The third-order valence-electron chi connectivity index (χ3n) is 4.22. The lowest BCUT2D eigenvalue weighted by Crippen LogP contribution is -2.43. The fourth-order valence-electron chi connectivity index (χ4n) is 3.16. The second kappa shape index (κ2) is 7.98. The smallest absolute Gasteiger partial charge is 0.240 e. The predicted octanol–water partition coefficient (Wildman–Crippen LogP) is 1.87. The minimum absolute atomic E-state index is 0.00540. The van der Waals surface area contributed by atoms with Crippen LogP contribution in [0, 0.1) is 11.8 Å². The van der Waals surface area contributed by atoms with Gasteiger partial charge in [-0.05, 0) is 42.5 Å². The van der Waals surface area contributed by atoms with Gasteiger partial charge in [0, 0.05) is 26.1 Å². The number of carbonyl (C=O) groups excluding carboxylic acids is 1. The van der Waals surface area contributed by atoms with E-state index in [9.17, 15) is 13.2 Å². The molecule has 1 N–H and O–H groups in total.